The van der Waals surface area contributed by atoms with Gasteiger partial charge in [0.05, 0.1) is 17.3 Å². The number of likely N-dealkylation sites (tertiary alicyclic amines) is 1. The van der Waals surface area contributed by atoms with Gasteiger partial charge in [-0.1, -0.05) is 6.92 Å². The summed E-state index contributed by atoms with van der Waals surface area (Å²) in [5.41, 5.74) is 7.40. The van der Waals surface area contributed by atoms with Crippen LogP contribution >= 0.6 is 12.4 Å². The Balaban J connectivity index is 0.00000220. The highest BCUT2D eigenvalue weighted by atomic mass is 35.5. The third-order valence-electron chi connectivity index (χ3n) is 4.21. The number of aromatic nitrogens is 2. The summed E-state index contributed by atoms with van der Waals surface area (Å²) in [4.78, 5) is 14.6. The monoisotopic (exact) mass is 314 g/mol. The number of carbonyl (C=O) groups is 1. The van der Waals surface area contributed by atoms with Gasteiger partial charge in [0.1, 0.15) is 0 Å². The van der Waals surface area contributed by atoms with Crippen molar-refractivity contribution in [3.8, 4) is 0 Å². The first-order valence-electron chi connectivity index (χ1n) is 7.22. The Bertz CT molecular complexity index is 520. The van der Waals surface area contributed by atoms with Crippen LogP contribution in [0.2, 0.25) is 0 Å². The minimum absolute atomic E-state index is 0. The Morgan fingerprint density at radius 2 is 2.10 bits per heavy atom. The molecule has 21 heavy (non-hydrogen) atoms. The van der Waals surface area contributed by atoms with E-state index in [1.54, 1.807) is 6.20 Å². The van der Waals surface area contributed by atoms with Gasteiger partial charge in [0.25, 0.3) is 5.91 Å². The van der Waals surface area contributed by atoms with E-state index in [1.165, 1.54) is 0 Å². The Morgan fingerprint density at radius 1 is 1.48 bits per heavy atom. The minimum Gasteiger partial charge on any atom is -0.338 e. The average molecular weight is 315 g/mol. The van der Waals surface area contributed by atoms with E-state index in [1.807, 2.05) is 16.5 Å². The van der Waals surface area contributed by atoms with Crippen molar-refractivity contribution < 1.29 is 4.79 Å². The van der Waals surface area contributed by atoms with Crippen LogP contribution in [-0.4, -0.2) is 40.2 Å². The molecule has 6 heteroatoms. The fourth-order valence-corrected chi connectivity index (χ4v) is 2.83. The molecule has 0 radical (unpaired) electrons. The molecule has 1 atom stereocenters. The molecule has 0 spiro atoms. The highest BCUT2D eigenvalue weighted by Crippen LogP contribution is 2.30. The smallest absolute Gasteiger partial charge is 0.257 e. The molecule has 120 valence electrons. The lowest BCUT2D eigenvalue weighted by atomic mass is 9.90. The van der Waals surface area contributed by atoms with Crippen molar-refractivity contribution in [2.75, 3.05) is 19.6 Å². The van der Waals surface area contributed by atoms with Crippen molar-refractivity contribution in [1.29, 1.82) is 0 Å². The number of carbonyl (C=O) groups excluding carboxylic acids is 1. The molecule has 1 saturated heterocycles. The number of hydrogen-bond donors (Lipinski definition) is 1. The van der Waals surface area contributed by atoms with Crippen molar-refractivity contribution in [2.24, 2.45) is 11.1 Å². The maximum atomic E-state index is 12.6. The van der Waals surface area contributed by atoms with E-state index < -0.39 is 0 Å². The van der Waals surface area contributed by atoms with Crippen molar-refractivity contribution in [3.63, 3.8) is 0 Å². The van der Waals surface area contributed by atoms with Crippen LogP contribution in [-0.2, 0) is 5.54 Å². The van der Waals surface area contributed by atoms with Gasteiger partial charge in [-0.25, -0.2) is 0 Å². The normalized spacial score (nSPS) is 22.3. The van der Waals surface area contributed by atoms with Gasteiger partial charge in [-0.05, 0) is 46.1 Å². The molecule has 1 aromatic heterocycles. The molecule has 0 aromatic carbocycles. The van der Waals surface area contributed by atoms with Gasteiger partial charge in [0.15, 0.2) is 0 Å². The first kappa shape index (κ1) is 18.0. The lowest BCUT2D eigenvalue weighted by molar-refractivity contribution is 0.0776. The molecular formula is C15H27ClN4O. The van der Waals surface area contributed by atoms with E-state index in [0.29, 0.717) is 12.1 Å². The predicted molar refractivity (Wildman–Crippen MR) is 86.9 cm³/mol. The van der Waals surface area contributed by atoms with Gasteiger partial charge in [0.2, 0.25) is 0 Å². The highest BCUT2D eigenvalue weighted by Gasteiger charge is 2.36. The molecule has 1 unspecified atom stereocenters. The van der Waals surface area contributed by atoms with Crippen molar-refractivity contribution >= 4 is 18.3 Å². The molecule has 0 aliphatic carbocycles. The van der Waals surface area contributed by atoms with Crippen LogP contribution in [0.25, 0.3) is 0 Å². The summed E-state index contributed by atoms with van der Waals surface area (Å²) >= 11 is 0. The van der Waals surface area contributed by atoms with Crippen LogP contribution in [0.4, 0.5) is 0 Å². The second-order valence-electron chi connectivity index (χ2n) is 7.22. The molecule has 1 aliphatic heterocycles. The second-order valence-corrected chi connectivity index (χ2v) is 7.22. The van der Waals surface area contributed by atoms with Crippen LogP contribution in [0.15, 0.2) is 6.20 Å². The first-order valence-corrected chi connectivity index (χ1v) is 7.22. The lowest BCUT2D eigenvalue weighted by Gasteiger charge is -2.23. The quantitative estimate of drug-likeness (QED) is 0.910. The van der Waals surface area contributed by atoms with Crippen LogP contribution < -0.4 is 5.73 Å². The molecule has 1 aliphatic rings. The van der Waals surface area contributed by atoms with E-state index in [2.05, 4.69) is 32.8 Å². The summed E-state index contributed by atoms with van der Waals surface area (Å²) in [5, 5.41) is 4.38. The first-order chi connectivity index (χ1) is 9.18. The molecule has 5 nitrogen and oxygen atoms in total. The SMILES string of the molecule is Cc1c(C(=O)N2CCC(C)(CN)C2)cnn1C(C)(C)C.Cl. The summed E-state index contributed by atoms with van der Waals surface area (Å²) < 4.78 is 1.92. The molecule has 0 saturated carbocycles. The second kappa shape index (κ2) is 5.97. The summed E-state index contributed by atoms with van der Waals surface area (Å²) in [6, 6.07) is 0. The van der Waals surface area contributed by atoms with E-state index in [0.717, 1.165) is 25.2 Å². The van der Waals surface area contributed by atoms with Crippen molar-refractivity contribution in [1.82, 2.24) is 14.7 Å². The number of halogens is 1. The summed E-state index contributed by atoms with van der Waals surface area (Å²) in [6.07, 6.45) is 2.67. The Labute approximate surface area is 133 Å². The zero-order valence-electron chi connectivity index (χ0n) is 13.6. The summed E-state index contributed by atoms with van der Waals surface area (Å²) in [6.45, 7) is 12.5. The molecule has 1 amide bonds. The van der Waals surface area contributed by atoms with Crippen LogP contribution in [0.3, 0.4) is 0 Å². The number of nitrogens with zero attached hydrogens (tertiary/aromatic N) is 3. The van der Waals surface area contributed by atoms with Gasteiger partial charge in [-0.2, -0.15) is 5.10 Å². The highest BCUT2D eigenvalue weighted by molar-refractivity contribution is 5.95. The van der Waals surface area contributed by atoms with Crippen LogP contribution in [0.5, 0.6) is 0 Å². The topological polar surface area (TPSA) is 64.2 Å². The van der Waals surface area contributed by atoms with Gasteiger partial charge >= 0.3 is 0 Å². The maximum absolute atomic E-state index is 12.6. The molecule has 2 heterocycles. The van der Waals surface area contributed by atoms with E-state index in [4.69, 9.17) is 5.73 Å². The van der Waals surface area contributed by atoms with E-state index in [-0.39, 0.29) is 29.3 Å². The summed E-state index contributed by atoms with van der Waals surface area (Å²) in [7, 11) is 0. The average Bonchev–Trinajstić information content (AvgIpc) is 2.92. The third kappa shape index (κ3) is 3.40. The van der Waals surface area contributed by atoms with E-state index >= 15 is 0 Å². The standard InChI is InChI=1S/C15H26N4O.ClH/c1-11-12(8-17-19(11)14(2,3)4)13(20)18-7-6-15(5,9-16)10-18;/h8H,6-7,9-10,16H2,1-5H3;1H. The summed E-state index contributed by atoms with van der Waals surface area (Å²) in [5.74, 6) is 0.0789. The zero-order chi connectivity index (χ0) is 15.1. The number of rotatable bonds is 2. The Morgan fingerprint density at radius 3 is 2.52 bits per heavy atom. The Kier molecular flexibility index (Phi) is 5.11. The largest absolute Gasteiger partial charge is 0.338 e. The maximum Gasteiger partial charge on any atom is 0.257 e. The predicted octanol–water partition coefficient (Wildman–Crippen LogP) is 2.18. The molecule has 1 fully saturated rings. The third-order valence-corrected chi connectivity index (χ3v) is 4.21. The van der Waals surface area contributed by atoms with Gasteiger partial charge in [0, 0.05) is 18.8 Å². The van der Waals surface area contributed by atoms with Gasteiger partial charge in [-0.3, -0.25) is 9.48 Å². The lowest BCUT2D eigenvalue weighted by Crippen LogP contribution is -2.34. The van der Waals surface area contributed by atoms with Gasteiger partial charge < -0.3 is 10.6 Å². The molecular weight excluding hydrogens is 288 g/mol. The Hall–Kier alpha value is -1.07. The fraction of sp³-hybridized carbons (Fsp3) is 0.733. The molecule has 2 N–H and O–H groups in total. The van der Waals surface area contributed by atoms with Gasteiger partial charge in [-0.15, -0.1) is 12.4 Å². The van der Waals surface area contributed by atoms with Crippen LogP contribution in [0.1, 0.15) is 50.2 Å². The number of hydrogen-bond acceptors (Lipinski definition) is 3. The van der Waals surface area contributed by atoms with Crippen molar-refractivity contribution in [2.45, 2.75) is 46.6 Å². The van der Waals surface area contributed by atoms with Crippen LogP contribution in [0, 0.1) is 12.3 Å². The van der Waals surface area contributed by atoms with E-state index in [9.17, 15) is 4.79 Å². The fourth-order valence-electron chi connectivity index (χ4n) is 2.83. The zero-order valence-corrected chi connectivity index (χ0v) is 14.5. The number of amides is 1. The van der Waals surface area contributed by atoms with Crippen molar-refractivity contribution in [3.05, 3.63) is 17.5 Å². The molecule has 1 aromatic rings. The molecule has 2 rings (SSSR count). The number of nitrogens with two attached hydrogens (primary N) is 1. The minimum atomic E-state index is -0.112. The molecule has 0 bridgehead atoms.